The summed E-state index contributed by atoms with van der Waals surface area (Å²) in [6.07, 6.45) is 1.41. The molecule has 0 aliphatic heterocycles. The van der Waals surface area contributed by atoms with Crippen LogP contribution in [-0.4, -0.2) is 55.9 Å². The van der Waals surface area contributed by atoms with Gasteiger partial charge in [0.1, 0.15) is 5.75 Å². The molecule has 0 saturated carbocycles. The molecule has 11 nitrogen and oxygen atoms in total. The molecule has 0 heterocycles. The summed E-state index contributed by atoms with van der Waals surface area (Å²) in [6, 6.07) is 21.4. The number of rotatable bonds is 13. The fraction of sp³-hybridized carbons (Fsp3) is 0.241. The molecule has 0 saturated heterocycles. The van der Waals surface area contributed by atoms with Gasteiger partial charge in [0.2, 0.25) is 15.9 Å². The van der Waals surface area contributed by atoms with Crippen LogP contribution in [0.1, 0.15) is 31.9 Å². The Kier molecular flexibility index (Phi) is 11.1. The monoisotopic (exact) mass is 579 g/mol. The number of hydrogen-bond acceptors (Lipinski definition) is 7. The Hall–Kier alpha value is -4.55. The summed E-state index contributed by atoms with van der Waals surface area (Å²) in [5.74, 6) is -0.638. The maximum Gasteiger partial charge on any atom is 0.258 e. The van der Waals surface area contributed by atoms with Gasteiger partial charge in [-0.25, -0.2) is 13.8 Å². The maximum atomic E-state index is 13.5. The van der Waals surface area contributed by atoms with Crippen LogP contribution >= 0.6 is 0 Å². The molecule has 3 rings (SSSR count). The molecule has 0 aliphatic rings. The van der Waals surface area contributed by atoms with Gasteiger partial charge in [-0.05, 0) is 73.5 Å². The fourth-order valence-electron chi connectivity index (χ4n) is 3.61. The SMILES string of the molecule is CC(=O)Nc1ccc(S(=O)(=O)N(CC(=O)N/N=C/c2ccc(OCC(=O)NC(C)C)cc2)Cc2ccccc2)cc1. The molecule has 0 aromatic heterocycles. The molecule has 0 radical (unpaired) electrons. The van der Waals surface area contributed by atoms with Crippen LogP contribution in [0, 0.1) is 0 Å². The van der Waals surface area contributed by atoms with Crippen molar-refractivity contribution in [2.75, 3.05) is 18.5 Å². The molecule has 3 N–H and O–H groups in total. The van der Waals surface area contributed by atoms with Gasteiger partial charge >= 0.3 is 0 Å². The van der Waals surface area contributed by atoms with Crippen LogP contribution in [0.4, 0.5) is 5.69 Å². The smallest absolute Gasteiger partial charge is 0.258 e. The van der Waals surface area contributed by atoms with E-state index in [0.29, 0.717) is 22.6 Å². The van der Waals surface area contributed by atoms with Crippen molar-refractivity contribution in [2.45, 2.75) is 38.3 Å². The summed E-state index contributed by atoms with van der Waals surface area (Å²) in [7, 11) is -4.07. The molecule has 3 amide bonds. The van der Waals surface area contributed by atoms with Gasteiger partial charge in [0, 0.05) is 25.2 Å². The highest BCUT2D eigenvalue weighted by Crippen LogP contribution is 2.20. The number of amides is 3. The van der Waals surface area contributed by atoms with Crippen LogP contribution in [0.2, 0.25) is 0 Å². The Morgan fingerprint density at radius 3 is 2.20 bits per heavy atom. The topological polar surface area (TPSA) is 146 Å². The number of nitrogens with zero attached hydrogens (tertiary/aromatic N) is 2. The molecule has 3 aromatic rings. The van der Waals surface area contributed by atoms with E-state index in [1.54, 1.807) is 48.5 Å². The second kappa shape index (κ2) is 14.7. The van der Waals surface area contributed by atoms with Gasteiger partial charge in [0.05, 0.1) is 17.7 Å². The first-order valence-electron chi connectivity index (χ1n) is 12.8. The van der Waals surface area contributed by atoms with Gasteiger partial charge in [-0.2, -0.15) is 9.41 Å². The summed E-state index contributed by atoms with van der Waals surface area (Å²) in [6.45, 7) is 4.45. The highest BCUT2D eigenvalue weighted by molar-refractivity contribution is 7.89. The number of hydrazone groups is 1. The van der Waals surface area contributed by atoms with Crippen molar-refractivity contribution in [2.24, 2.45) is 5.10 Å². The lowest BCUT2D eigenvalue weighted by molar-refractivity contribution is -0.123. The summed E-state index contributed by atoms with van der Waals surface area (Å²) >= 11 is 0. The van der Waals surface area contributed by atoms with E-state index in [-0.39, 0.29) is 35.9 Å². The minimum absolute atomic E-state index is 0.0214. The molecule has 41 heavy (non-hydrogen) atoms. The number of benzene rings is 3. The molecule has 0 bridgehead atoms. The number of carbonyl (C=O) groups is 3. The zero-order chi connectivity index (χ0) is 29.8. The molecule has 216 valence electrons. The Bertz CT molecular complexity index is 1460. The minimum Gasteiger partial charge on any atom is -0.484 e. The van der Waals surface area contributed by atoms with Gasteiger partial charge in [-0.1, -0.05) is 30.3 Å². The fourth-order valence-corrected chi connectivity index (χ4v) is 5.00. The third-order valence-corrected chi connectivity index (χ3v) is 7.24. The first-order chi connectivity index (χ1) is 19.5. The van der Waals surface area contributed by atoms with Gasteiger partial charge < -0.3 is 15.4 Å². The number of anilines is 1. The number of carbonyl (C=O) groups excluding carboxylic acids is 3. The number of hydrogen-bond donors (Lipinski definition) is 3. The first-order valence-corrected chi connectivity index (χ1v) is 14.2. The van der Waals surface area contributed by atoms with Gasteiger partial charge in [0.15, 0.2) is 6.61 Å². The molecule has 0 fully saturated rings. The van der Waals surface area contributed by atoms with Gasteiger partial charge in [-0.15, -0.1) is 0 Å². The van der Waals surface area contributed by atoms with E-state index in [0.717, 1.165) is 4.31 Å². The standard InChI is InChI=1S/C29H33N5O6S/c1-21(2)31-29(37)20-40-26-13-9-23(10-14-26)17-30-33-28(36)19-34(18-24-7-5-4-6-8-24)41(38,39)27-15-11-25(12-16-27)32-22(3)35/h4-17,21H,18-20H2,1-3H3,(H,31,37)(H,32,35)(H,33,36)/b30-17+. The normalized spacial score (nSPS) is 11.4. The lowest BCUT2D eigenvalue weighted by atomic mass is 10.2. The van der Waals surface area contributed by atoms with E-state index in [2.05, 4.69) is 21.2 Å². The van der Waals surface area contributed by atoms with Crippen LogP contribution in [0.3, 0.4) is 0 Å². The third-order valence-electron chi connectivity index (χ3n) is 5.44. The molecular weight excluding hydrogens is 546 g/mol. The Morgan fingerprint density at radius 1 is 0.927 bits per heavy atom. The number of ether oxygens (including phenoxy) is 1. The molecule has 0 aliphatic carbocycles. The molecule has 3 aromatic carbocycles. The van der Waals surface area contributed by atoms with Crippen LogP contribution in [0.5, 0.6) is 5.75 Å². The van der Waals surface area contributed by atoms with E-state index < -0.39 is 22.5 Å². The number of nitrogens with one attached hydrogen (secondary N) is 3. The molecule has 0 spiro atoms. The second-order valence-electron chi connectivity index (χ2n) is 9.34. The minimum atomic E-state index is -4.07. The third kappa shape index (κ3) is 10.2. The lowest BCUT2D eigenvalue weighted by Crippen LogP contribution is -2.39. The summed E-state index contributed by atoms with van der Waals surface area (Å²) in [4.78, 5) is 35.7. The van der Waals surface area contributed by atoms with Crippen LogP contribution in [0.25, 0.3) is 0 Å². The average molecular weight is 580 g/mol. The van der Waals surface area contributed by atoms with E-state index >= 15 is 0 Å². The van der Waals surface area contributed by atoms with Crippen molar-refractivity contribution in [1.82, 2.24) is 15.0 Å². The Labute approximate surface area is 239 Å². The maximum absolute atomic E-state index is 13.5. The van der Waals surface area contributed by atoms with Crippen molar-refractivity contribution in [3.05, 3.63) is 90.0 Å². The Morgan fingerprint density at radius 2 is 1.59 bits per heavy atom. The predicted molar refractivity (Wildman–Crippen MR) is 156 cm³/mol. The average Bonchev–Trinajstić information content (AvgIpc) is 2.92. The van der Waals surface area contributed by atoms with Gasteiger partial charge in [-0.3, -0.25) is 14.4 Å². The van der Waals surface area contributed by atoms with Crippen molar-refractivity contribution >= 4 is 39.6 Å². The van der Waals surface area contributed by atoms with Crippen LogP contribution < -0.4 is 20.8 Å². The van der Waals surface area contributed by atoms with E-state index in [1.807, 2.05) is 19.9 Å². The van der Waals surface area contributed by atoms with Crippen molar-refractivity contribution < 1.29 is 27.5 Å². The Balaban J connectivity index is 1.65. The molecule has 0 atom stereocenters. The summed E-state index contributed by atoms with van der Waals surface area (Å²) in [5.41, 5.74) is 4.17. The zero-order valence-corrected chi connectivity index (χ0v) is 23.9. The highest BCUT2D eigenvalue weighted by Gasteiger charge is 2.27. The molecular formula is C29H33N5O6S. The van der Waals surface area contributed by atoms with Crippen LogP contribution in [0.15, 0.2) is 88.9 Å². The quantitative estimate of drug-likeness (QED) is 0.210. The first kappa shape index (κ1) is 31.0. The molecule has 0 unspecified atom stereocenters. The second-order valence-corrected chi connectivity index (χ2v) is 11.3. The molecule has 12 heteroatoms. The van der Waals surface area contributed by atoms with E-state index in [1.165, 1.54) is 37.4 Å². The van der Waals surface area contributed by atoms with Gasteiger partial charge in [0.25, 0.3) is 11.8 Å². The van der Waals surface area contributed by atoms with E-state index in [9.17, 15) is 22.8 Å². The highest BCUT2D eigenvalue weighted by atomic mass is 32.2. The van der Waals surface area contributed by atoms with Crippen molar-refractivity contribution in [3.8, 4) is 5.75 Å². The number of sulfonamides is 1. The van der Waals surface area contributed by atoms with Crippen LogP contribution in [-0.2, 0) is 31.0 Å². The lowest BCUT2D eigenvalue weighted by Gasteiger charge is -2.21. The van der Waals surface area contributed by atoms with Crippen molar-refractivity contribution in [1.29, 1.82) is 0 Å². The predicted octanol–water partition coefficient (Wildman–Crippen LogP) is 2.89. The summed E-state index contributed by atoms with van der Waals surface area (Å²) < 4.78 is 33.4. The largest absolute Gasteiger partial charge is 0.484 e. The van der Waals surface area contributed by atoms with Crippen molar-refractivity contribution in [3.63, 3.8) is 0 Å². The van der Waals surface area contributed by atoms with E-state index in [4.69, 9.17) is 4.74 Å². The zero-order valence-electron chi connectivity index (χ0n) is 23.0. The summed E-state index contributed by atoms with van der Waals surface area (Å²) in [5, 5.41) is 9.27.